The van der Waals surface area contributed by atoms with Crippen LogP contribution in [0.3, 0.4) is 0 Å². The van der Waals surface area contributed by atoms with E-state index >= 15 is 0 Å². The highest BCUT2D eigenvalue weighted by Crippen LogP contribution is 2.35. The van der Waals surface area contributed by atoms with Crippen LogP contribution in [-0.2, 0) is 11.3 Å². The van der Waals surface area contributed by atoms with Gasteiger partial charge in [0.15, 0.2) is 5.82 Å². The van der Waals surface area contributed by atoms with Crippen LogP contribution in [0.15, 0.2) is 59.9 Å². The summed E-state index contributed by atoms with van der Waals surface area (Å²) in [5.74, 6) is 0.459. The minimum atomic E-state index is -4.81. The van der Waals surface area contributed by atoms with Gasteiger partial charge in [0.1, 0.15) is 29.1 Å². The summed E-state index contributed by atoms with van der Waals surface area (Å²) in [7, 11) is 0. The highest BCUT2D eigenvalue weighted by molar-refractivity contribution is 7.80. The summed E-state index contributed by atoms with van der Waals surface area (Å²) in [6.45, 7) is 0.993. The van der Waals surface area contributed by atoms with Crippen molar-refractivity contribution in [3.05, 3.63) is 59.9 Å². The lowest BCUT2D eigenvalue weighted by Gasteiger charge is -2.14. The summed E-state index contributed by atoms with van der Waals surface area (Å²) >= 11 is 10.9. The third-order valence-corrected chi connectivity index (χ3v) is 5.49. The lowest BCUT2D eigenvalue weighted by molar-refractivity contribution is -0.274. The molecule has 0 radical (unpaired) electrons. The fourth-order valence-electron chi connectivity index (χ4n) is 3.38. The van der Waals surface area contributed by atoms with E-state index in [9.17, 15) is 13.2 Å². The van der Waals surface area contributed by atoms with Crippen molar-refractivity contribution in [2.45, 2.75) is 17.9 Å². The van der Waals surface area contributed by atoms with Crippen LogP contribution in [0.1, 0.15) is 0 Å². The Morgan fingerprint density at radius 1 is 1.06 bits per heavy atom. The van der Waals surface area contributed by atoms with E-state index in [2.05, 4.69) is 32.7 Å². The first-order valence-corrected chi connectivity index (χ1v) is 11.4. The second-order valence-electron chi connectivity index (χ2n) is 7.34. The van der Waals surface area contributed by atoms with Gasteiger partial charge in [-0.1, -0.05) is 17.7 Å². The molecule has 0 spiro atoms. The molecular formula is C23H20ClF3N4O4S. The van der Waals surface area contributed by atoms with Crippen LogP contribution in [-0.4, -0.2) is 45.8 Å². The Bertz CT molecular complexity index is 1350. The topological polar surface area (TPSA) is 90.7 Å². The summed E-state index contributed by atoms with van der Waals surface area (Å²) in [6, 6.07) is 11.8. The van der Waals surface area contributed by atoms with Gasteiger partial charge in [0.05, 0.1) is 35.4 Å². The number of aromatic nitrogens is 3. The SMILES string of the molecule is OCCOCCn1c(S)cc2ncnc(Nc3ccc(Oc4cccc(OC(F)(F)F)c4)c(Cl)c3)c21. The first-order valence-electron chi connectivity index (χ1n) is 10.6. The molecule has 0 saturated heterocycles. The maximum absolute atomic E-state index is 12.5. The lowest BCUT2D eigenvalue weighted by atomic mass is 10.2. The van der Waals surface area contributed by atoms with Crippen LogP contribution in [0.5, 0.6) is 17.2 Å². The first-order chi connectivity index (χ1) is 17.2. The second kappa shape index (κ2) is 11.2. The quantitative estimate of drug-likeness (QED) is 0.172. The predicted octanol–water partition coefficient (Wildman–Crippen LogP) is 5.82. The highest BCUT2D eigenvalue weighted by Gasteiger charge is 2.31. The standard InChI is InChI=1S/C23H20ClF3N4O4S/c24-17-10-14(4-5-19(17)34-15-2-1-3-16(11-15)35-23(25,26)27)30-22-21-18(28-13-29-22)12-20(36)31(21)6-8-33-9-7-32/h1-5,10-13,32,36H,6-9H2,(H,28,29,30). The molecule has 4 rings (SSSR count). The van der Waals surface area contributed by atoms with E-state index in [-0.39, 0.29) is 29.7 Å². The van der Waals surface area contributed by atoms with Crippen molar-refractivity contribution in [3.63, 3.8) is 0 Å². The van der Waals surface area contributed by atoms with Crippen LogP contribution >= 0.6 is 24.2 Å². The number of nitrogens with one attached hydrogen (secondary N) is 1. The molecule has 2 aromatic heterocycles. The second-order valence-corrected chi connectivity index (χ2v) is 8.21. The molecule has 0 bridgehead atoms. The van der Waals surface area contributed by atoms with Crippen molar-refractivity contribution in [3.8, 4) is 17.2 Å². The Balaban J connectivity index is 1.53. The molecule has 0 fully saturated rings. The molecule has 2 aromatic carbocycles. The van der Waals surface area contributed by atoms with Crippen molar-refractivity contribution in [2.24, 2.45) is 0 Å². The fourth-order valence-corrected chi connectivity index (χ4v) is 3.92. The Hall–Kier alpha value is -3.19. The summed E-state index contributed by atoms with van der Waals surface area (Å²) in [5, 5.41) is 13.0. The third-order valence-electron chi connectivity index (χ3n) is 4.82. The molecule has 0 saturated carbocycles. The third kappa shape index (κ3) is 6.52. The predicted molar refractivity (Wildman–Crippen MR) is 131 cm³/mol. The smallest absolute Gasteiger partial charge is 0.456 e. The maximum Gasteiger partial charge on any atom is 0.573 e. The van der Waals surface area contributed by atoms with Gasteiger partial charge in [0, 0.05) is 18.3 Å². The van der Waals surface area contributed by atoms with E-state index in [0.29, 0.717) is 40.7 Å². The number of aliphatic hydroxyl groups is 1. The van der Waals surface area contributed by atoms with Crippen LogP contribution in [0.25, 0.3) is 11.0 Å². The molecule has 0 aliphatic rings. The number of ether oxygens (including phenoxy) is 3. The number of thiol groups is 1. The van der Waals surface area contributed by atoms with E-state index < -0.39 is 12.1 Å². The number of halogens is 4. The van der Waals surface area contributed by atoms with Gasteiger partial charge >= 0.3 is 6.36 Å². The minimum Gasteiger partial charge on any atom is -0.456 e. The Morgan fingerprint density at radius 3 is 2.61 bits per heavy atom. The van der Waals surface area contributed by atoms with Crippen molar-refractivity contribution < 1.29 is 32.5 Å². The van der Waals surface area contributed by atoms with Crippen molar-refractivity contribution >= 4 is 46.8 Å². The molecule has 0 atom stereocenters. The molecule has 0 unspecified atom stereocenters. The molecule has 8 nitrogen and oxygen atoms in total. The molecule has 36 heavy (non-hydrogen) atoms. The zero-order valence-corrected chi connectivity index (χ0v) is 20.1. The molecule has 0 aliphatic heterocycles. The van der Waals surface area contributed by atoms with Crippen molar-refractivity contribution in [1.29, 1.82) is 0 Å². The van der Waals surface area contributed by atoms with E-state index in [1.165, 1.54) is 24.5 Å². The Morgan fingerprint density at radius 2 is 1.86 bits per heavy atom. The Kier molecular flexibility index (Phi) is 8.09. The van der Waals surface area contributed by atoms with Gasteiger partial charge in [-0.05, 0) is 36.4 Å². The van der Waals surface area contributed by atoms with Gasteiger partial charge < -0.3 is 29.2 Å². The number of aliphatic hydroxyl groups excluding tert-OH is 1. The van der Waals surface area contributed by atoms with Gasteiger partial charge in [0.2, 0.25) is 0 Å². The van der Waals surface area contributed by atoms with Gasteiger partial charge in [-0.15, -0.1) is 25.8 Å². The molecule has 190 valence electrons. The van der Waals surface area contributed by atoms with E-state index in [0.717, 1.165) is 6.07 Å². The van der Waals surface area contributed by atoms with Crippen molar-refractivity contribution in [1.82, 2.24) is 14.5 Å². The zero-order valence-electron chi connectivity index (χ0n) is 18.5. The van der Waals surface area contributed by atoms with Crippen LogP contribution in [0.4, 0.5) is 24.7 Å². The van der Waals surface area contributed by atoms with E-state index in [1.54, 1.807) is 24.3 Å². The van der Waals surface area contributed by atoms with Crippen LogP contribution in [0.2, 0.25) is 5.02 Å². The summed E-state index contributed by atoms with van der Waals surface area (Å²) in [5.41, 5.74) is 1.96. The van der Waals surface area contributed by atoms with Crippen LogP contribution in [0, 0.1) is 0 Å². The highest BCUT2D eigenvalue weighted by atomic mass is 35.5. The van der Waals surface area contributed by atoms with Gasteiger partial charge in [-0.25, -0.2) is 9.97 Å². The number of hydrogen-bond donors (Lipinski definition) is 3. The van der Waals surface area contributed by atoms with Crippen LogP contribution < -0.4 is 14.8 Å². The number of alkyl halides is 3. The normalized spacial score (nSPS) is 11.6. The molecule has 2 N–H and O–H groups in total. The molecule has 4 aromatic rings. The molecule has 13 heteroatoms. The van der Waals surface area contributed by atoms with Crippen molar-refractivity contribution in [2.75, 3.05) is 25.1 Å². The first kappa shape index (κ1) is 25.9. The number of benzene rings is 2. The fraction of sp³-hybridized carbons (Fsp3) is 0.217. The minimum absolute atomic E-state index is 0.0662. The van der Waals surface area contributed by atoms with E-state index in [1.807, 2.05) is 4.57 Å². The number of anilines is 2. The Labute approximate surface area is 214 Å². The molecule has 0 amide bonds. The molecular weight excluding hydrogens is 521 g/mol. The number of fused-ring (bicyclic) bond motifs is 1. The largest absolute Gasteiger partial charge is 0.573 e. The zero-order chi connectivity index (χ0) is 25.7. The number of rotatable bonds is 10. The lowest BCUT2D eigenvalue weighted by Crippen LogP contribution is -2.17. The maximum atomic E-state index is 12.5. The van der Waals surface area contributed by atoms with Gasteiger partial charge in [-0.2, -0.15) is 0 Å². The monoisotopic (exact) mass is 540 g/mol. The number of hydrogen-bond acceptors (Lipinski definition) is 8. The van der Waals surface area contributed by atoms with Gasteiger partial charge in [0.25, 0.3) is 0 Å². The van der Waals surface area contributed by atoms with E-state index in [4.69, 9.17) is 26.2 Å². The number of nitrogens with zero attached hydrogens (tertiary/aromatic N) is 3. The molecule has 2 heterocycles. The summed E-state index contributed by atoms with van der Waals surface area (Å²) < 4.78 is 54.3. The average Bonchev–Trinajstić information content (AvgIpc) is 3.13. The average molecular weight is 541 g/mol. The summed E-state index contributed by atoms with van der Waals surface area (Å²) in [4.78, 5) is 8.63. The molecule has 0 aliphatic carbocycles. The summed E-state index contributed by atoms with van der Waals surface area (Å²) in [6.07, 6.45) is -3.39. The van der Waals surface area contributed by atoms with Gasteiger partial charge in [-0.3, -0.25) is 0 Å².